The Morgan fingerprint density at radius 1 is 1.29 bits per heavy atom. The second kappa shape index (κ2) is 5.51. The summed E-state index contributed by atoms with van der Waals surface area (Å²) < 4.78 is 0. The first-order valence-electron chi connectivity index (χ1n) is 6.59. The van der Waals surface area contributed by atoms with Crippen LogP contribution >= 0.6 is 11.3 Å². The highest BCUT2D eigenvalue weighted by Gasteiger charge is 2.10. The molecule has 0 amide bonds. The molecule has 0 saturated heterocycles. The van der Waals surface area contributed by atoms with Gasteiger partial charge in [-0.2, -0.15) is 5.26 Å². The van der Waals surface area contributed by atoms with Crippen molar-refractivity contribution in [2.24, 2.45) is 0 Å². The van der Waals surface area contributed by atoms with Crippen LogP contribution in [0.5, 0.6) is 0 Å². The van der Waals surface area contributed by atoms with Crippen LogP contribution in [0.2, 0.25) is 0 Å². The van der Waals surface area contributed by atoms with Crippen molar-refractivity contribution in [1.82, 2.24) is 9.97 Å². The Morgan fingerprint density at radius 3 is 2.81 bits per heavy atom. The lowest BCUT2D eigenvalue weighted by atomic mass is 10.1. The number of hydrogen-bond acceptors (Lipinski definition) is 5. The summed E-state index contributed by atoms with van der Waals surface area (Å²) in [5, 5.41) is 13.3. The van der Waals surface area contributed by atoms with Crippen molar-refractivity contribution >= 4 is 28.1 Å². The molecule has 5 heteroatoms. The number of aryl methyl sites for hydroxylation is 1. The van der Waals surface area contributed by atoms with Gasteiger partial charge in [-0.3, -0.25) is 0 Å². The maximum absolute atomic E-state index is 9.33. The molecule has 0 bridgehead atoms. The molecule has 104 valence electrons. The van der Waals surface area contributed by atoms with E-state index in [0.29, 0.717) is 12.1 Å². The van der Waals surface area contributed by atoms with Gasteiger partial charge in [0.15, 0.2) is 0 Å². The van der Waals surface area contributed by atoms with E-state index in [4.69, 9.17) is 0 Å². The largest absolute Gasteiger partial charge is 0.354 e. The molecule has 1 aromatic carbocycles. The first-order chi connectivity index (χ1) is 10.2. The van der Waals surface area contributed by atoms with Crippen molar-refractivity contribution in [3.63, 3.8) is 0 Å². The Hall–Kier alpha value is -2.45. The highest BCUT2D eigenvalue weighted by atomic mass is 32.1. The van der Waals surface area contributed by atoms with Gasteiger partial charge in [0.25, 0.3) is 0 Å². The Kier molecular flexibility index (Phi) is 3.55. The minimum atomic E-state index is 0.650. The van der Waals surface area contributed by atoms with E-state index >= 15 is 0 Å². The first kappa shape index (κ1) is 13.5. The number of para-hydroxylation sites is 1. The third kappa shape index (κ3) is 2.71. The number of fused-ring (bicyclic) bond motifs is 1. The van der Waals surface area contributed by atoms with Crippen LogP contribution in [0.3, 0.4) is 0 Å². The number of hydrogen-bond donors (Lipinski definition) is 0. The number of benzene rings is 1. The van der Waals surface area contributed by atoms with E-state index in [1.807, 2.05) is 49.2 Å². The quantitative estimate of drug-likeness (QED) is 0.742. The summed E-state index contributed by atoms with van der Waals surface area (Å²) >= 11 is 1.64. The van der Waals surface area contributed by atoms with Crippen LogP contribution in [0.4, 0.5) is 5.82 Å². The molecular formula is C16H14N4S. The smallest absolute Gasteiger partial charge is 0.130 e. The topological polar surface area (TPSA) is 52.8 Å². The lowest BCUT2D eigenvalue weighted by molar-refractivity contribution is 0.873. The van der Waals surface area contributed by atoms with Crippen LogP contribution in [0.15, 0.2) is 35.7 Å². The van der Waals surface area contributed by atoms with Gasteiger partial charge < -0.3 is 4.90 Å². The number of nitrogens with zero attached hydrogens (tertiary/aromatic N) is 4. The molecule has 0 aliphatic heterocycles. The molecule has 2 aromatic heterocycles. The summed E-state index contributed by atoms with van der Waals surface area (Å²) in [6, 6.07) is 11.8. The molecule has 3 rings (SSSR count). The van der Waals surface area contributed by atoms with Crippen LogP contribution in [0, 0.1) is 18.3 Å². The molecule has 0 unspecified atom stereocenters. The first-order valence-corrected chi connectivity index (χ1v) is 7.47. The maximum Gasteiger partial charge on any atom is 0.130 e. The predicted molar refractivity (Wildman–Crippen MR) is 85.4 cm³/mol. The molecule has 21 heavy (non-hydrogen) atoms. The fourth-order valence-corrected chi connectivity index (χ4v) is 2.86. The summed E-state index contributed by atoms with van der Waals surface area (Å²) in [6.45, 7) is 2.68. The Labute approximate surface area is 127 Å². The fraction of sp³-hybridized carbons (Fsp3) is 0.188. The summed E-state index contributed by atoms with van der Waals surface area (Å²) in [7, 11) is 1.97. The zero-order valence-electron chi connectivity index (χ0n) is 11.9. The number of anilines is 1. The standard InChI is InChI=1S/C16H14N4S/c1-11-18-13(10-21-11)9-20(2)16-7-12(8-17)14-5-3-4-6-15(14)19-16/h3-7,10H,9H2,1-2H3. The molecule has 0 atom stereocenters. The summed E-state index contributed by atoms with van der Waals surface area (Å²) in [4.78, 5) is 11.1. The number of nitriles is 1. The number of thiazole rings is 1. The van der Waals surface area contributed by atoms with Gasteiger partial charge in [0.2, 0.25) is 0 Å². The number of pyridine rings is 1. The van der Waals surface area contributed by atoms with Crippen molar-refractivity contribution in [2.45, 2.75) is 13.5 Å². The van der Waals surface area contributed by atoms with Gasteiger partial charge >= 0.3 is 0 Å². The van der Waals surface area contributed by atoms with Gasteiger partial charge in [0.1, 0.15) is 5.82 Å². The fourth-order valence-electron chi connectivity index (χ4n) is 2.25. The van der Waals surface area contributed by atoms with Crippen molar-refractivity contribution in [1.29, 1.82) is 5.26 Å². The Morgan fingerprint density at radius 2 is 2.10 bits per heavy atom. The van der Waals surface area contributed by atoms with Crippen LogP contribution in [-0.2, 0) is 6.54 Å². The van der Waals surface area contributed by atoms with E-state index in [9.17, 15) is 5.26 Å². The molecule has 4 nitrogen and oxygen atoms in total. The molecular weight excluding hydrogens is 280 g/mol. The lowest BCUT2D eigenvalue weighted by Gasteiger charge is -2.18. The molecule has 0 radical (unpaired) electrons. The van der Waals surface area contributed by atoms with Crippen molar-refractivity contribution in [3.05, 3.63) is 52.0 Å². The van der Waals surface area contributed by atoms with E-state index in [1.165, 1.54) is 0 Å². The third-order valence-corrected chi connectivity index (χ3v) is 4.10. The second-order valence-electron chi connectivity index (χ2n) is 4.87. The molecule has 0 N–H and O–H groups in total. The summed E-state index contributed by atoms with van der Waals surface area (Å²) in [5.74, 6) is 0.788. The van der Waals surface area contributed by atoms with Gasteiger partial charge in [-0.1, -0.05) is 18.2 Å². The van der Waals surface area contributed by atoms with Crippen molar-refractivity contribution < 1.29 is 0 Å². The zero-order chi connectivity index (χ0) is 14.8. The summed E-state index contributed by atoms with van der Waals surface area (Å²) in [6.07, 6.45) is 0. The van der Waals surface area contributed by atoms with Gasteiger partial charge in [-0.15, -0.1) is 11.3 Å². The van der Waals surface area contributed by atoms with Crippen molar-refractivity contribution in [3.8, 4) is 6.07 Å². The monoisotopic (exact) mass is 294 g/mol. The van der Waals surface area contributed by atoms with Gasteiger partial charge in [0.05, 0.1) is 34.4 Å². The van der Waals surface area contributed by atoms with Crippen LogP contribution < -0.4 is 4.90 Å². The zero-order valence-corrected chi connectivity index (χ0v) is 12.7. The van der Waals surface area contributed by atoms with Crippen LogP contribution in [0.1, 0.15) is 16.3 Å². The minimum Gasteiger partial charge on any atom is -0.354 e. The van der Waals surface area contributed by atoms with Gasteiger partial charge in [-0.25, -0.2) is 9.97 Å². The van der Waals surface area contributed by atoms with E-state index in [-0.39, 0.29) is 0 Å². The Bertz CT molecular complexity index is 832. The van der Waals surface area contributed by atoms with Gasteiger partial charge in [-0.05, 0) is 19.1 Å². The molecule has 0 saturated carbocycles. The van der Waals surface area contributed by atoms with E-state index in [2.05, 4.69) is 21.4 Å². The molecule has 0 aliphatic carbocycles. The van der Waals surface area contributed by atoms with Gasteiger partial charge in [0, 0.05) is 17.8 Å². The molecule has 0 fully saturated rings. The molecule has 2 heterocycles. The van der Waals surface area contributed by atoms with E-state index in [0.717, 1.165) is 27.4 Å². The predicted octanol–water partition coefficient (Wildman–Crippen LogP) is 3.51. The normalized spacial score (nSPS) is 10.5. The molecule has 0 spiro atoms. The Balaban J connectivity index is 1.98. The highest BCUT2D eigenvalue weighted by Crippen LogP contribution is 2.23. The maximum atomic E-state index is 9.33. The number of aromatic nitrogens is 2. The minimum absolute atomic E-state index is 0.650. The SMILES string of the molecule is Cc1nc(CN(C)c2cc(C#N)c3ccccc3n2)cs1. The van der Waals surface area contributed by atoms with E-state index < -0.39 is 0 Å². The molecule has 3 aromatic rings. The van der Waals surface area contributed by atoms with E-state index in [1.54, 1.807) is 11.3 Å². The average molecular weight is 294 g/mol. The lowest BCUT2D eigenvalue weighted by Crippen LogP contribution is -2.18. The molecule has 0 aliphatic rings. The van der Waals surface area contributed by atoms with Crippen molar-refractivity contribution in [2.75, 3.05) is 11.9 Å². The average Bonchev–Trinajstić information content (AvgIpc) is 2.91. The van der Waals surface area contributed by atoms with Crippen LogP contribution in [-0.4, -0.2) is 17.0 Å². The number of rotatable bonds is 3. The third-order valence-electron chi connectivity index (χ3n) is 3.28. The highest BCUT2D eigenvalue weighted by molar-refractivity contribution is 7.09. The van der Waals surface area contributed by atoms with Crippen LogP contribution in [0.25, 0.3) is 10.9 Å². The summed E-state index contributed by atoms with van der Waals surface area (Å²) in [5.41, 5.74) is 2.51. The second-order valence-corrected chi connectivity index (χ2v) is 5.93.